The summed E-state index contributed by atoms with van der Waals surface area (Å²) in [5.74, 6) is -1.51. The number of halogens is 4. The summed E-state index contributed by atoms with van der Waals surface area (Å²) in [5, 5.41) is 2.45. The van der Waals surface area contributed by atoms with Gasteiger partial charge < -0.3 is 24.8 Å². The molecule has 5 rings (SSSR count). The molecule has 1 amide bonds. The van der Waals surface area contributed by atoms with E-state index < -0.39 is 50.7 Å². The topological polar surface area (TPSA) is 141 Å². The van der Waals surface area contributed by atoms with Crippen molar-refractivity contribution in [2.45, 2.75) is 18.6 Å². The summed E-state index contributed by atoms with van der Waals surface area (Å²) in [6.07, 6.45) is -0.0956. The van der Waals surface area contributed by atoms with Gasteiger partial charge in [0.25, 0.3) is 5.91 Å². The molecule has 0 spiro atoms. The molecule has 4 heterocycles. The minimum absolute atomic E-state index is 0.0286. The molecular weight excluding hydrogens is 610 g/mol. The molecule has 2 aliphatic rings. The lowest BCUT2D eigenvalue weighted by Gasteiger charge is -2.27. The Bertz CT molecular complexity index is 1710. The molecule has 2 fully saturated rings. The number of alkyl halides is 3. The molecular formula is C27H29F4N7O5S. The largest absolute Gasteiger partial charge is 0.417 e. The van der Waals surface area contributed by atoms with Crippen LogP contribution >= 0.6 is 0 Å². The molecule has 12 nitrogen and oxygen atoms in total. The first-order chi connectivity index (χ1) is 20.7. The molecule has 17 heteroatoms. The SMILES string of the molecule is CN([C@H]1CCN(c2cc(F)c(-c3cnc(N4CCOCC4)nc3)cc2NC(=O)c2c[nH]c(=O)cc2C(F)(F)F)C1)S(C)(=O)=O. The molecule has 0 saturated carbocycles. The molecule has 2 saturated heterocycles. The third-order valence-electron chi connectivity index (χ3n) is 7.59. The van der Waals surface area contributed by atoms with Crippen LogP contribution in [0.3, 0.4) is 0 Å². The van der Waals surface area contributed by atoms with E-state index in [9.17, 15) is 31.2 Å². The van der Waals surface area contributed by atoms with Gasteiger partial charge >= 0.3 is 6.18 Å². The van der Waals surface area contributed by atoms with Crippen LogP contribution in [0.25, 0.3) is 11.1 Å². The molecule has 0 aliphatic carbocycles. The van der Waals surface area contributed by atoms with Gasteiger partial charge in [-0.3, -0.25) is 9.59 Å². The van der Waals surface area contributed by atoms with Crippen molar-refractivity contribution in [2.24, 2.45) is 0 Å². The summed E-state index contributed by atoms with van der Waals surface area (Å²) in [6.45, 7) is 2.58. The van der Waals surface area contributed by atoms with Crippen molar-refractivity contribution in [3.63, 3.8) is 0 Å². The highest BCUT2D eigenvalue weighted by Gasteiger charge is 2.37. The lowest BCUT2D eigenvalue weighted by Crippen LogP contribution is -2.38. The molecule has 1 atom stereocenters. The fourth-order valence-corrected chi connectivity index (χ4v) is 5.86. The third-order valence-corrected chi connectivity index (χ3v) is 8.94. The van der Waals surface area contributed by atoms with Crippen molar-refractivity contribution >= 4 is 33.3 Å². The lowest BCUT2D eigenvalue weighted by molar-refractivity contribution is -0.138. The van der Waals surface area contributed by atoms with E-state index in [0.29, 0.717) is 44.9 Å². The standard InChI is InChI=1S/C27H29F4N7O5S/c1-36(44(2,41)42)17-3-4-38(15-17)23-11-21(28)18(16-12-33-26(34-13-16)37-5-7-43-8-6-37)9-22(23)35-25(40)19-14-32-24(39)10-20(19)27(29,30)31/h9-14,17H,3-8,15H2,1-2H3,(H,32,39)(H,35,40)/t17-/m0/s1. The fourth-order valence-electron chi connectivity index (χ4n) is 5.14. The predicted molar refractivity (Wildman–Crippen MR) is 154 cm³/mol. The van der Waals surface area contributed by atoms with Crippen LogP contribution in [0.2, 0.25) is 0 Å². The second-order valence-corrected chi connectivity index (χ2v) is 12.5. The average molecular weight is 640 g/mol. The second kappa shape index (κ2) is 12.1. The van der Waals surface area contributed by atoms with Crippen molar-refractivity contribution in [1.29, 1.82) is 0 Å². The zero-order valence-corrected chi connectivity index (χ0v) is 24.5. The van der Waals surface area contributed by atoms with Crippen LogP contribution < -0.4 is 20.7 Å². The Hall–Kier alpha value is -4.09. The molecule has 44 heavy (non-hydrogen) atoms. The number of hydrogen-bond donors (Lipinski definition) is 2. The quantitative estimate of drug-likeness (QED) is 0.373. The third kappa shape index (κ3) is 6.68. The lowest BCUT2D eigenvalue weighted by atomic mass is 10.0. The van der Waals surface area contributed by atoms with E-state index in [0.717, 1.165) is 12.3 Å². The number of carbonyl (C=O) groups excluding carboxylic acids is 1. The van der Waals surface area contributed by atoms with Crippen LogP contribution in [0.4, 0.5) is 34.9 Å². The van der Waals surface area contributed by atoms with Gasteiger partial charge in [-0.1, -0.05) is 0 Å². The number of anilines is 3. The van der Waals surface area contributed by atoms with Gasteiger partial charge in [0, 0.05) is 75.1 Å². The van der Waals surface area contributed by atoms with Gasteiger partial charge in [0.05, 0.1) is 42.0 Å². The molecule has 0 radical (unpaired) electrons. The number of nitrogens with zero attached hydrogens (tertiary/aromatic N) is 5. The average Bonchev–Trinajstić information content (AvgIpc) is 3.47. The monoisotopic (exact) mass is 639 g/mol. The summed E-state index contributed by atoms with van der Waals surface area (Å²) >= 11 is 0. The van der Waals surface area contributed by atoms with Gasteiger partial charge in [0.1, 0.15) is 5.82 Å². The maximum Gasteiger partial charge on any atom is 0.417 e. The van der Waals surface area contributed by atoms with Gasteiger partial charge in [-0.25, -0.2) is 27.1 Å². The number of benzene rings is 1. The van der Waals surface area contributed by atoms with Crippen molar-refractivity contribution < 1.29 is 35.5 Å². The zero-order valence-electron chi connectivity index (χ0n) is 23.7. The Morgan fingerprint density at radius 3 is 2.43 bits per heavy atom. The first-order valence-corrected chi connectivity index (χ1v) is 15.3. The smallest absolute Gasteiger partial charge is 0.378 e. The summed E-state index contributed by atoms with van der Waals surface area (Å²) in [4.78, 5) is 39.1. The van der Waals surface area contributed by atoms with E-state index in [1.165, 1.54) is 29.8 Å². The van der Waals surface area contributed by atoms with Crippen molar-refractivity contribution in [1.82, 2.24) is 19.3 Å². The van der Waals surface area contributed by atoms with Crippen molar-refractivity contribution in [2.75, 3.05) is 67.8 Å². The van der Waals surface area contributed by atoms with Crippen LogP contribution in [0.5, 0.6) is 0 Å². The number of hydrogen-bond acceptors (Lipinski definition) is 9. The normalized spacial score (nSPS) is 17.8. The van der Waals surface area contributed by atoms with Gasteiger partial charge in [-0.15, -0.1) is 0 Å². The predicted octanol–water partition coefficient (Wildman–Crippen LogP) is 2.55. The summed E-state index contributed by atoms with van der Waals surface area (Å²) < 4.78 is 87.5. The Balaban J connectivity index is 1.53. The number of carbonyl (C=O) groups is 1. The Morgan fingerprint density at radius 1 is 1.11 bits per heavy atom. The second-order valence-electron chi connectivity index (χ2n) is 10.5. The Kier molecular flexibility index (Phi) is 8.64. The molecule has 3 aromatic rings. The highest BCUT2D eigenvalue weighted by Crippen LogP contribution is 2.37. The number of likely N-dealkylation sites (N-methyl/N-ethyl adjacent to an activating group) is 1. The molecule has 2 N–H and O–H groups in total. The zero-order chi connectivity index (χ0) is 31.8. The minimum atomic E-state index is -5.00. The van der Waals surface area contributed by atoms with Crippen LogP contribution in [-0.2, 0) is 20.9 Å². The molecule has 2 aliphatic heterocycles. The maximum absolute atomic E-state index is 15.7. The number of nitrogens with one attached hydrogen (secondary N) is 2. The van der Waals surface area contributed by atoms with E-state index in [4.69, 9.17) is 4.74 Å². The number of rotatable bonds is 7. The first kappa shape index (κ1) is 31.3. The van der Waals surface area contributed by atoms with Crippen LogP contribution in [0.15, 0.2) is 41.6 Å². The number of ether oxygens (including phenoxy) is 1. The van der Waals surface area contributed by atoms with Crippen LogP contribution in [0.1, 0.15) is 22.3 Å². The molecule has 1 aromatic carbocycles. The van der Waals surface area contributed by atoms with Gasteiger partial charge in [0.15, 0.2) is 0 Å². The maximum atomic E-state index is 15.7. The highest BCUT2D eigenvalue weighted by atomic mass is 32.2. The van der Waals surface area contributed by atoms with E-state index >= 15 is 4.39 Å². The number of aromatic nitrogens is 3. The van der Waals surface area contributed by atoms with Crippen LogP contribution in [-0.4, -0.2) is 92.3 Å². The molecule has 2 aromatic heterocycles. The van der Waals surface area contributed by atoms with Crippen LogP contribution in [0, 0.1) is 5.82 Å². The van der Waals surface area contributed by atoms with Crippen molar-refractivity contribution in [3.8, 4) is 11.1 Å². The summed E-state index contributed by atoms with van der Waals surface area (Å²) in [6, 6.07) is 2.21. The number of amides is 1. The number of sulfonamides is 1. The summed E-state index contributed by atoms with van der Waals surface area (Å²) in [7, 11) is -2.12. The van der Waals surface area contributed by atoms with E-state index in [-0.39, 0.29) is 41.7 Å². The number of H-pyrrole nitrogens is 1. The molecule has 236 valence electrons. The first-order valence-electron chi connectivity index (χ1n) is 13.5. The number of pyridine rings is 1. The van der Waals surface area contributed by atoms with Gasteiger partial charge in [-0.05, 0) is 18.6 Å². The van der Waals surface area contributed by atoms with E-state index in [1.54, 1.807) is 4.90 Å². The molecule has 0 unspecified atom stereocenters. The number of morpholine rings is 1. The van der Waals surface area contributed by atoms with Gasteiger partial charge in [-0.2, -0.15) is 13.2 Å². The fraction of sp³-hybridized carbons (Fsp3) is 0.407. The highest BCUT2D eigenvalue weighted by molar-refractivity contribution is 7.88. The summed E-state index contributed by atoms with van der Waals surface area (Å²) in [5.41, 5.74) is -3.01. The van der Waals surface area contributed by atoms with Gasteiger partial charge in [0.2, 0.25) is 21.5 Å². The van der Waals surface area contributed by atoms with E-state index in [1.807, 2.05) is 4.90 Å². The number of aromatic amines is 1. The Morgan fingerprint density at radius 2 is 1.80 bits per heavy atom. The Labute approximate surface area is 249 Å². The van der Waals surface area contributed by atoms with E-state index in [2.05, 4.69) is 20.3 Å². The van der Waals surface area contributed by atoms with Crippen molar-refractivity contribution in [3.05, 3.63) is 64.1 Å². The minimum Gasteiger partial charge on any atom is -0.378 e. The molecule has 0 bridgehead atoms.